The fraction of sp³-hybridized carbons (Fsp3) is 0.833. The third-order valence-corrected chi connectivity index (χ3v) is 2.27. The molecule has 0 rings (SSSR count). The molecule has 19 heavy (non-hydrogen) atoms. The molecule has 0 spiro atoms. The average Bonchev–Trinajstić information content (AvgIpc) is 2.37. The quantitative estimate of drug-likeness (QED) is 0.299. The molecule has 0 aliphatic carbocycles. The van der Waals surface area contributed by atoms with Gasteiger partial charge < -0.3 is 19.7 Å². The molecule has 6 nitrogen and oxygen atoms in total. The van der Waals surface area contributed by atoms with Gasteiger partial charge in [-0.3, -0.25) is 0 Å². The Kier molecular flexibility index (Phi) is 14.0. The third-order valence-electron chi connectivity index (χ3n) is 2.27. The minimum absolute atomic E-state index is 0. The second kappa shape index (κ2) is 12.7. The summed E-state index contributed by atoms with van der Waals surface area (Å²) in [5.74, 6) is -2.02. The van der Waals surface area contributed by atoms with Crippen molar-refractivity contribution < 1.29 is 29.3 Å². The summed E-state index contributed by atoms with van der Waals surface area (Å²) in [6.07, 6.45) is -0.784. The van der Waals surface area contributed by atoms with Crippen LogP contribution in [0.5, 0.6) is 0 Å². The summed E-state index contributed by atoms with van der Waals surface area (Å²) in [6.45, 7) is 4.16. The van der Waals surface area contributed by atoms with Crippen LogP contribution in [0.1, 0.15) is 39.5 Å². The Morgan fingerprint density at radius 2 is 1.21 bits per heavy atom. The van der Waals surface area contributed by atoms with Gasteiger partial charge in [-0.15, -0.1) is 0 Å². The molecule has 0 aliphatic rings. The van der Waals surface area contributed by atoms with Gasteiger partial charge in [0.25, 0.3) is 0 Å². The zero-order chi connectivity index (χ0) is 14.0. The summed E-state index contributed by atoms with van der Waals surface area (Å²) in [7, 11) is 0. The molecular weight excluding hydrogens is 359 g/mol. The Morgan fingerprint density at radius 3 is 1.47 bits per heavy atom. The van der Waals surface area contributed by atoms with Crippen molar-refractivity contribution >= 4 is 35.8 Å². The van der Waals surface area contributed by atoms with Gasteiger partial charge >= 0.3 is 35.8 Å². The SMILES string of the molecule is CCCCOC(=O)C(O)C(O)C(=O)OCCCC.[SnH4]. The first-order valence-corrected chi connectivity index (χ1v) is 6.24. The monoisotopic (exact) mass is 386 g/mol. The molecule has 2 N–H and O–H groups in total. The van der Waals surface area contributed by atoms with Crippen molar-refractivity contribution in [3.8, 4) is 0 Å². The van der Waals surface area contributed by atoms with Gasteiger partial charge in [0.1, 0.15) is 0 Å². The number of unbranched alkanes of at least 4 members (excludes halogenated alkanes) is 2. The molecule has 2 atom stereocenters. The Morgan fingerprint density at radius 1 is 0.895 bits per heavy atom. The van der Waals surface area contributed by atoms with Crippen LogP contribution in [-0.2, 0) is 19.1 Å². The summed E-state index contributed by atoms with van der Waals surface area (Å²) in [4.78, 5) is 22.5. The standard InChI is InChI=1S/C12H22O6.Sn.4H/c1-3-5-7-17-11(15)9(13)10(14)12(16)18-8-6-4-2;;;;;/h9-10,13-14H,3-8H2,1-2H3;;;;;. The summed E-state index contributed by atoms with van der Waals surface area (Å²) in [5.41, 5.74) is 0. The first-order valence-electron chi connectivity index (χ1n) is 6.24. The normalized spacial score (nSPS) is 13.1. The Labute approximate surface area is 130 Å². The van der Waals surface area contributed by atoms with E-state index < -0.39 is 24.1 Å². The molecule has 0 fully saturated rings. The van der Waals surface area contributed by atoms with E-state index in [0.717, 1.165) is 12.8 Å². The van der Waals surface area contributed by atoms with E-state index in [4.69, 9.17) is 0 Å². The van der Waals surface area contributed by atoms with E-state index in [9.17, 15) is 19.8 Å². The van der Waals surface area contributed by atoms with Gasteiger partial charge in [0.2, 0.25) is 0 Å². The summed E-state index contributed by atoms with van der Waals surface area (Å²) >= 11 is 0. The van der Waals surface area contributed by atoms with Crippen LogP contribution in [0.4, 0.5) is 0 Å². The number of rotatable bonds is 9. The van der Waals surface area contributed by atoms with Crippen molar-refractivity contribution in [2.45, 2.75) is 51.7 Å². The Balaban J connectivity index is 0. The third kappa shape index (κ3) is 9.23. The zero-order valence-electron chi connectivity index (χ0n) is 10.9. The van der Waals surface area contributed by atoms with Crippen LogP contribution in [-0.4, -0.2) is 71.5 Å². The summed E-state index contributed by atoms with van der Waals surface area (Å²) in [5, 5.41) is 18.8. The second-order valence-electron chi connectivity index (χ2n) is 3.93. The topological polar surface area (TPSA) is 93.1 Å². The number of hydrogen-bond donors (Lipinski definition) is 2. The van der Waals surface area contributed by atoms with Crippen molar-refractivity contribution in [1.29, 1.82) is 0 Å². The van der Waals surface area contributed by atoms with Gasteiger partial charge in [0.15, 0.2) is 12.2 Å². The van der Waals surface area contributed by atoms with Gasteiger partial charge in [0.05, 0.1) is 13.2 Å². The van der Waals surface area contributed by atoms with E-state index in [1.165, 1.54) is 0 Å². The van der Waals surface area contributed by atoms with Crippen LogP contribution in [0.2, 0.25) is 0 Å². The summed E-state index contributed by atoms with van der Waals surface area (Å²) in [6, 6.07) is 0. The first-order chi connectivity index (χ1) is 8.54. The van der Waals surface area contributed by atoms with Crippen molar-refractivity contribution in [2.75, 3.05) is 13.2 Å². The van der Waals surface area contributed by atoms with E-state index >= 15 is 0 Å². The number of aliphatic hydroxyl groups excluding tert-OH is 2. The van der Waals surface area contributed by atoms with E-state index in [1.807, 2.05) is 13.8 Å². The molecule has 0 aromatic carbocycles. The predicted octanol–water partition coefficient (Wildman–Crippen LogP) is -1.06. The molecule has 0 aromatic heterocycles. The molecule has 7 heteroatoms. The van der Waals surface area contributed by atoms with Crippen LogP contribution in [0.25, 0.3) is 0 Å². The zero-order valence-corrected chi connectivity index (χ0v) is 10.9. The average molecular weight is 385 g/mol. The van der Waals surface area contributed by atoms with E-state index in [-0.39, 0.29) is 37.1 Å². The number of carbonyl (C=O) groups excluding carboxylic acids is 2. The molecule has 0 amide bonds. The number of carbonyl (C=O) groups is 2. The fourth-order valence-corrected chi connectivity index (χ4v) is 1.06. The minimum atomic E-state index is -1.89. The molecule has 0 radical (unpaired) electrons. The predicted molar refractivity (Wildman–Crippen MR) is 75.1 cm³/mol. The second-order valence-corrected chi connectivity index (χ2v) is 3.93. The number of ether oxygens (including phenoxy) is 2. The van der Waals surface area contributed by atoms with Crippen LogP contribution >= 0.6 is 0 Å². The van der Waals surface area contributed by atoms with E-state index in [1.54, 1.807) is 0 Å². The molecule has 0 aromatic rings. The molecule has 0 bridgehead atoms. The van der Waals surface area contributed by atoms with Crippen molar-refractivity contribution in [2.24, 2.45) is 0 Å². The van der Waals surface area contributed by atoms with Gasteiger partial charge in [-0.25, -0.2) is 9.59 Å². The Hall–Kier alpha value is -0.341. The molecule has 0 saturated heterocycles. The summed E-state index contributed by atoms with van der Waals surface area (Å²) < 4.78 is 9.37. The number of aliphatic hydroxyl groups is 2. The van der Waals surface area contributed by atoms with Crippen molar-refractivity contribution in [1.82, 2.24) is 0 Å². The van der Waals surface area contributed by atoms with Gasteiger partial charge in [-0.1, -0.05) is 26.7 Å². The first kappa shape index (κ1) is 21.0. The molecule has 0 saturated carbocycles. The van der Waals surface area contributed by atoms with Crippen LogP contribution < -0.4 is 0 Å². The molecule has 0 heterocycles. The van der Waals surface area contributed by atoms with Crippen LogP contribution in [0.3, 0.4) is 0 Å². The van der Waals surface area contributed by atoms with Gasteiger partial charge in [-0.05, 0) is 12.8 Å². The van der Waals surface area contributed by atoms with Crippen molar-refractivity contribution in [3.05, 3.63) is 0 Å². The Bertz CT molecular complexity index is 233. The molecule has 114 valence electrons. The van der Waals surface area contributed by atoms with Crippen molar-refractivity contribution in [3.63, 3.8) is 0 Å². The van der Waals surface area contributed by atoms with Crippen LogP contribution in [0.15, 0.2) is 0 Å². The van der Waals surface area contributed by atoms with Gasteiger partial charge in [-0.2, -0.15) is 0 Å². The molecule has 2 unspecified atom stereocenters. The number of hydrogen-bond acceptors (Lipinski definition) is 6. The number of esters is 2. The molecular formula is C12H26O6Sn. The van der Waals surface area contributed by atoms with Crippen LogP contribution in [0, 0.1) is 0 Å². The maximum absolute atomic E-state index is 11.3. The van der Waals surface area contributed by atoms with Gasteiger partial charge in [0, 0.05) is 0 Å². The fourth-order valence-electron chi connectivity index (χ4n) is 1.06. The van der Waals surface area contributed by atoms with E-state index in [0.29, 0.717) is 12.8 Å². The molecule has 0 aliphatic heterocycles. The van der Waals surface area contributed by atoms with E-state index in [2.05, 4.69) is 9.47 Å². The maximum atomic E-state index is 11.3.